The monoisotopic (exact) mass is 402 g/mol. The van der Waals surface area contributed by atoms with Gasteiger partial charge in [-0.1, -0.05) is 123 Å². The molecule has 3 fully saturated rings. The molecule has 0 spiro atoms. The van der Waals surface area contributed by atoms with Gasteiger partial charge in [-0.05, 0) is 61.2 Å². The fraction of sp³-hybridized carbons (Fsp3) is 1.00. The number of fused-ring (bicyclic) bond motifs is 3. The SMILES string of the molecule is CCCCCCCCC(CCCCCCCC)[C@H]1C[C@H]2CCC[C@@H]2[C@H]2CCC[C@@H]21. The van der Waals surface area contributed by atoms with E-state index in [-0.39, 0.29) is 0 Å². The minimum absolute atomic E-state index is 1.08. The first kappa shape index (κ1) is 23.7. The van der Waals surface area contributed by atoms with E-state index in [1.54, 1.807) is 57.8 Å². The summed E-state index contributed by atoms with van der Waals surface area (Å²) in [5.74, 6) is 6.78. The second kappa shape index (κ2) is 13.4. The maximum atomic E-state index is 2.34. The summed E-state index contributed by atoms with van der Waals surface area (Å²) in [5, 5.41) is 0. The van der Waals surface area contributed by atoms with Crippen molar-refractivity contribution < 1.29 is 0 Å². The van der Waals surface area contributed by atoms with Crippen LogP contribution >= 0.6 is 0 Å². The molecule has 3 saturated carbocycles. The lowest BCUT2D eigenvalue weighted by Gasteiger charge is -2.46. The fourth-order valence-electron chi connectivity index (χ4n) is 8.02. The number of hydrogen-bond donors (Lipinski definition) is 0. The van der Waals surface area contributed by atoms with E-state index >= 15 is 0 Å². The Bertz CT molecular complexity index is 396. The van der Waals surface area contributed by atoms with Crippen molar-refractivity contribution in [1.82, 2.24) is 0 Å². The number of unbranched alkanes of at least 4 members (excludes halogenated alkanes) is 10. The lowest BCUT2D eigenvalue weighted by molar-refractivity contribution is 0.0340. The highest BCUT2D eigenvalue weighted by Gasteiger charge is 2.49. The Kier molecular flexibility index (Phi) is 10.9. The van der Waals surface area contributed by atoms with E-state index in [4.69, 9.17) is 0 Å². The molecule has 0 aromatic carbocycles. The van der Waals surface area contributed by atoms with E-state index in [9.17, 15) is 0 Å². The molecule has 0 aliphatic heterocycles. The summed E-state index contributed by atoms with van der Waals surface area (Å²) in [5.41, 5.74) is 0. The zero-order valence-electron chi connectivity index (χ0n) is 20.3. The van der Waals surface area contributed by atoms with Gasteiger partial charge in [-0.2, -0.15) is 0 Å². The molecule has 0 saturated heterocycles. The highest BCUT2D eigenvalue weighted by Crippen LogP contribution is 2.58. The summed E-state index contributed by atoms with van der Waals surface area (Å²) in [6.45, 7) is 4.68. The molecule has 0 unspecified atom stereocenters. The molecule has 0 heterocycles. The average Bonchev–Trinajstić information content (AvgIpc) is 3.39. The van der Waals surface area contributed by atoms with Crippen molar-refractivity contribution in [1.29, 1.82) is 0 Å². The van der Waals surface area contributed by atoms with Crippen molar-refractivity contribution in [3.05, 3.63) is 0 Å². The van der Waals surface area contributed by atoms with Gasteiger partial charge in [0.1, 0.15) is 0 Å². The maximum Gasteiger partial charge on any atom is -0.0352 e. The minimum Gasteiger partial charge on any atom is -0.0654 e. The molecular formula is C29H54. The third kappa shape index (κ3) is 7.00. The summed E-state index contributed by atoms with van der Waals surface area (Å²) in [6, 6.07) is 0. The standard InChI is InChI=1S/C29H54/c1-3-5-7-9-11-13-17-24(18-14-12-10-8-6-4-2)29-23-25-19-15-20-26(25)27-21-16-22-28(27)29/h24-29H,3-23H2,1-2H3/t25-,26+,27-,28+,29-/m1/s1. The molecule has 0 aromatic rings. The second-order valence-electron chi connectivity index (χ2n) is 11.4. The van der Waals surface area contributed by atoms with Crippen LogP contribution < -0.4 is 0 Å². The molecule has 0 N–H and O–H groups in total. The first-order valence-electron chi connectivity index (χ1n) is 14.3. The average molecular weight is 403 g/mol. The summed E-state index contributed by atoms with van der Waals surface area (Å²) in [7, 11) is 0. The Hall–Kier alpha value is 0. The van der Waals surface area contributed by atoms with Gasteiger partial charge in [-0.15, -0.1) is 0 Å². The molecule has 0 bridgehead atoms. The van der Waals surface area contributed by atoms with Gasteiger partial charge in [0.05, 0.1) is 0 Å². The third-order valence-corrected chi connectivity index (χ3v) is 9.48. The van der Waals surface area contributed by atoms with Gasteiger partial charge < -0.3 is 0 Å². The molecule has 3 aliphatic rings. The Balaban J connectivity index is 1.51. The van der Waals surface area contributed by atoms with E-state index < -0.39 is 0 Å². The molecule has 5 atom stereocenters. The van der Waals surface area contributed by atoms with Crippen LogP contribution in [0.5, 0.6) is 0 Å². The van der Waals surface area contributed by atoms with Gasteiger partial charge in [-0.3, -0.25) is 0 Å². The molecular weight excluding hydrogens is 348 g/mol. The molecule has 170 valence electrons. The van der Waals surface area contributed by atoms with E-state index in [2.05, 4.69) is 13.8 Å². The van der Waals surface area contributed by atoms with Crippen LogP contribution in [0.15, 0.2) is 0 Å². The van der Waals surface area contributed by atoms with Crippen LogP contribution in [0.1, 0.15) is 149 Å². The van der Waals surface area contributed by atoms with E-state index in [0.29, 0.717) is 0 Å². The topological polar surface area (TPSA) is 0 Å². The molecule has 0 heteroatoms. The van der Waals surface area contributed by atoms with Crippen molar-refractivity contribution in [3.8, 4) is 0 Å². The van der Waals surface area contributed by atoms with Crippen molar-refractivity contribution >= 4 is 0 Å². The molecule has 0 radical (unpaired) electrons. The van der Waals surface area contributed by atoms with Gasteiger partial charge in [0.25, 0.3) is 0 Å². The van der Waals surface area contributed by atoms with Gasteiger partial charge in [0, 0.05) is 0 Å². The van der Waals surface area contributed by atoms with Gasteiger partial charge in [0.15, 0.2) is 0 Å². The summed E-state index contributed by atoms with van der Waals surface area (Å²) in [4.78, 5) is 0. The molecule has 3 aliphatic carbocycles. The zero-order valence-corrected chi connectivity index (χ0v) is 20.3. The summed E-state index contributed by atoms with van der Waals surface area (Å²) in [6.07, 6.45) is 32.0. The fourth-order valence-corrected chi connectivity index (χ4v) is 8.02. The van der Waals surface area contributed by atoms with Crippen LogP contribution in [0.25, 0.3) is 0 Å². The molecule has 3 rings (SSSR count). The molecule has 29 heavy (non-hydrogen) atoms. The van der Waals surface area contributed by atoms with Crippen LogP contribution in [0, 0.1) is 35.5 Å². The van der Waals surface area contributed by atoms with Crippen LogP contribution in [-0.4, -0.2) is 0 Å². The first-order chi connectivity index (χ1) is 14.3. The van der Waals surface area contributed by atoms with Gasteiger partial charge >= 0.3 is 0 Å². The third-order valence-electron chi connectivity index (χ3n) is 9.48. The van der Waals surface area contributed by atoms with Crippen molar-refractivity contribution in [2.75, 3.05) is 0 Å². The smallest absolute Gasteiger partial charge is 0.0352 e. The maximum absolute atomic E-state index is 2.34. The number of hydrogen-bond acceptors (Lipinski definition) is 0. The summed E-state index contributed by atoms with van der Waals surface area (Å²) < 4.78 is 0. The van der Waals surface area contributed by atoms with E-state index in [1.165, 1.54) is 77.0 Å². The zero-order chi connectivity index (χ0) is 20.3. The van der Waals surface area contributed by atoms with Gasteiger partial charge in [-0.25, -0.2) is 0 Å². The first-order valence-corrected chi connectivity index (χ1v) is 14.3. The lowest BCUT2D eigenvalue weighted by Crippen LogP contribution is -2.38. The van der Waals surface area contributed by atoms with E-state index in [0.717, 1.165) is 35.5 Å². The van der Waals surface area contributed by atoms with Crippen LogP contribution in [0.3, 0.4) is 0 Å². The van der Waals surface area contributed by atoms with E-state index in [1.807, 2.05) is 0 Å². The van der Waals surface area contributed by atoms with Gasteiger partial charge in [0.2, 0.25) is 0 Å². The molecule has 0 nitrogen and oxygen atoms in total. The Morgan fingerprint density at radius 2 is 1.07 bits per heavy atom. The highest BCUT2D eigenvalue weighted by molar-refractivity contribution is 4.99. The minimum atomic E-state index is 1.08. The lowest BCUT2D eigenvalue weighted by atomic mass is 9.60. The van der Waals surface area contributed by atoms with Crippen LogP contribution in [-0.2, 0) is 0 Å². The predicted molar refractivity (Wildman–Crippen MR) is 129 cm³/mol. The van der Waals surface area contributed by atoms with Crippen LogP contribution in [0.2, 0.25) is 0 Å². The highest BCUT2D eigenvalue weighted by atomic mass is 14.5. The Morgan fingerprint density at radius 3 is 1.72 bits per heavy atom. The largest absolute Gasteiger partial charge is 0.0654 e. The second-order valence-corrected chi connectivity index (χ2v) is 11.4. The Labute approximate surface area is 184 Å². The normalized spacial score (nSPS) is 31.3. The quantitative estimate of drug-likeness (QED) is 0.239. The molecule has 0 aromatic heterocycles. The van der Waals surface area contributed by atoms with Crippen LogP contribution in [0.4, 0.5) is 0 Å². The Morgan fingerprint density at radius 1 is 0.552 bits per heavy atom. The van der Waals surface area contributed by atoms with Crippen molar-refractivity contribution in [2.24, 2.45) is 35.5 Å². The molecule has 0 amide bonds. The number of rotatable bonds is 15. The van der Waals surface area contributed by atoms with Crippen molar-refractivity contribution in [2.45, 2.75) is 149 Å². The summed E-state index contributed by atoms with van der Waals surface area (Å²) >= 11 is 0. The van der Waals surface area contributed by atoms with Crippen molar-refractivity contribution in [3.63, 3.8) is 0 Å². The predicted octanol–water partition coefficient (Wildman–Crippen LogP) is 9.96.